The van der Waals surface area contributed by atoms with Gasteiger partial charge in [-0.15, -0.1) is 6.42 Å². The maximum absolute atomic E-state index is 16.5. The number of carbonyl (C=O) groups is 2. The summed E-state index contributed by atoms with van der Waals surface area (Å²) in [4.78, 5) is 41.5. The van der Waals surface area contributed by atoms with Crippen molar-refractivity contribution in [1.29, 1.82) is 0 Å². The quantitative estimate of drug-likeness (QED) is 0.144. The zero-order valence-electron chi connectivity index (χ0n) is 30.3. The Bertz CT molecular complexity index is 2010. The number of aromatic nitrogens is 1. The number of pyridine rings is 1. The highest BCUT2D eigenvalue weighted by atomic mass is 19.4. The summed E-state index contributed by atoms with van der Waals surface area (Å²) >= 11 is 0. The SMILES string of the molecule is C#Cc1cc(-c2c(C)cccc2C)c(F)c([C@@H](CC(=O)O)NC(=O)[C@@H](CC(C)C)n2cc(C3CCN(C[C@H]4CC4(F)F)CC3)c(C(F)(F)F)cc2=O)c1F. The van der Waals surface area contributed by atoms with Gasteiger partial charge in [0.2, 0.25) is 5.91 Å². The number of carboxylic acid groups (broad SMARTS) is 1. The zero-order valence-corrected chi connectivity index (χ0v) is 30.3. The Morgan fingerprint density at radius 1 is 1.07 bits per heavy atom. The van der Waals surface area contributed by atoms with Crippen molar-refractivity contribution in [3.05, 3.63) is 91.9 Å². The lowest BCUT2D eigenvalue weighted by atomic mass is 9.87. The van der Waals surface area contributed by atoms with E-state index in [0.717, 1.165) is 16.8 Å². The third-order valence-corrected chi connectivity index (χ3v) is 10.4. The van der Waals surface area contributed by atoms with E-state index < -0.39 is 88.2 Å². The van der Waals surface area contributed by atoms with Crippen molar-refractivity contribution >= 4 is 11.9 Å². The second kappa shape index (κ2) is 15.6. The Morgan fingerprint density at radius 2 is 1.69 bits per heavy atom. The van der Waals surface area contributed by atoms with Crippen LogP contribution in [0.4, 0.5) is 30.7 Å². The molecule has 1 aliphatic carbocycles. The molecular weight excluding hydrogens is 719 g/mol. The molecule has 14 heteroatoms. The van der Waals surface area contributed by atoms with E-state index in [9.17, 15) is 41.4 Å². The molecule has 5 rings (SSSR count). The molecule has 3 aromatic rings. The molecular formula is C40H42F7N3O4. The lowest BCUT2D eigenvalue weighted by molar-refractivity contribution is -0.139. The van der Waals surface area contributed by atoms with Gasteiger partial charge < -0.3 is 19.9 Å². The number of piperidine rings is 1. The fourth-order valence-corrected chi connectivity index (χ4v) is 7.54. The minimum Gasteiger partial charge on any atom is -0.481 e. The average Bonchev–Trinajstić information content (AvgIpc) is 3.68. The van der Waals surface area contributed by atoms with Crippen molar-refractivity contribution in [2.75, 3.05) is 19.6 Å². The van der Waals surface area contributed by atoms with Gasteiger partial charge in [0.25, 0.3) is 11.5 Å². The molecule has 1 amide bonds. The second-order valence-electron chi connectivity index (χ2n) is 14.9. The van der Waals surface area contributed by atoms with Gasteiger partial charge in [0.05, 0.1) is 23.6 Å². The number of hydrogen-bond donors (Lipinski definition) is 2. The molecule has 54 heavy (non-hydrogen) atoms. The number of carbonyl (C=O) groups excluding carboxylic acids is 1. The Labute approximate surface area is 308 Å². The van der Waals surface area contributed by atoms with Crippen LogP contribution in [0.1, 0.15) is 97.3 Å². The number of benzene rings is 2. The van der Waals surface area contributed by atoms with E-state index in [4.69, 9.17) is 6.42 Å². The molecule has 0 bridgehead atoms. The molecule has 2 N–H and O–H groups in total. The summed E-state index contributed by atoms with van der Waals surface area (Å²) in [7, 11) is 0. The second-order valence-corrected chi connectivity index (χ2v) is 14.9. The number of hydrogen-bond acceptors (Lipinski definition) is 4. The number of amides is 1. The molecule has 2 fully saturated rings. The molecule has 2 heterocycles. The minimum absolute atomic E-state index is 0.118. The lowest BCUT2D eigenvalue weighted by Gasteiger charge is -2.34. The van der Waals surface area contributed by atoms with Gasteiger partial charge in [0.1, 0.15) is 17.7 Å². The number of nitrogens with zero attached hydrogens (tertiary/aromatic N) is 2. The molecule has 1 saturated heterocycles. The molecule has 290 valence electrons. The molecule has 0 radical (unpaired) electrons. The number of carboxylic acids is 1. The van der Waals surface area contributed by atoms with E-state index in [2.05, 4.69) is 11.2 Å². The summed E-state index contributed by atoms with van der Waals surface area (Å²) in [5.74, 6) is -7.48. The monoisotopic (exact) mass is 761 g/mol. The van der Waals surface area contributed by atoms with Crippen LogP contribution in [0.15, 0.2) is 41.3 Å². The molecule has 0 spiro atoms. The number of aliphatic carboxylic acids is 1. The Kier molecular flexibility index (Phi) is 11.7. The first kappa shape index (κ1) is 40.5. The summed E-state index contributed by atoms with van der Waals surface area (Å²) in [6.45, 7) is 7.39. The number of aryl methyl sites for hydroxylation is 2. The highest BCUT2D eigenvalue weighted by Gasteiger charge is 2.57. The van der Waals surface area contributed by atoms with Crippen LogP contribution in [0.25, 0.3) is 11.1 Å². The van der Waals surface area contributed by atoms with Crippen LogP contribution in [0.3, 0.4) is 0 Å². The van der Waals surface area contributed by atoms with E-state index in [0.29, 0.717) is 22.8 Å². The third kappa shape index (κ3) is 8.67. The van der Waals surface area contributed by atoms with Gasteiger partial charge in [-0.2, -0.15) is 13.2 Å². The fraction of sp³-hybridized carbons (Fsp3) is 0.475. The summed E-state index contributed by atoms with van der Waals surface area (Å²) in [6, 6.07) is 3.29. The van der Waals surface area contributed by atoms with Crippen LogP contribution in [-0.4, -0.2) is 52.0 Å². The molecule has 2 aromatic carbocycles. The van der Waals surface area contributed by atoms with Crippen molar-refractivity contribution in [1.82, 2.24) is 14.8 Å². The van der Waals surface area contributed by atoms with E-state index in [1.54, 1.807) is 50.8 Å². The van der Waals surface area contributed by atoms with Gasteiger partial charge in [0.15, 0.2) is 0 Å². The molecule has 1 aliphatic heterocycles. The first-order valence-electron chi connectivity index (χ1n) is 17.7. The number of likely N-dealkylation sites (tertiary alicyclic amines) is 1. The van der Waals surface area contributed by atoms with E-state index in [1.165, 1.54) is 0 Å². The number of nitrogens with one attached hydrogen (secondary N) is 1. The Balaban J connectivity index is 1.55. The number of terminal acetylenes is 1. The summed E-state index contributed by atoms with van der Waals surface area (Å²) in [6.07, 6.45) is 0.625. The van der Waals surface area contributed by atoms with E-state index >= 15 is 8.78 Å². The van der Waals surface area contributed by atoms with Gasteiger partial charge in [-0.25, -0.2) is 17.6 Å². The van der Waals surface area contributed by atoms with Crippen molar-refractivity contribution in [3.63, 3.8) is 0 Å². The third-order valence-electron chi connectivity index (χ3n) is 10.4. The topological polar surface area (TPSA) is 91.6 Å². The first-order chi connectivity index (χ1) is 25.2. The predicted molar refractivity (Wildman–Crippen MR) is 188 cm³/mol. The number of halogens is 7. The highest BCUT2D eigenvalue weighted by Crippen LogP contribution is 2.49. The van der Waals surface area contributed by atoms with Gasteiger partial charge in [-0.1, -0.05) is 38.0 Å². The van der Waals surface area contributed by atoms with Crippen molar-refractivity contribution in [2.24, 2.45) is 11.8 Å². The normalized spacial score (nSPS) is 18.6. The number of rotatable bonds is 12. The van der Waals surface area contributed by atoms with Crippen LogP contribution in [0.2, 0.25) is 0 Å². The van der Waals surface area contributed by atoms with E-state index in [1.807, 2.05) is 0 Å². The molecule has 7 nitrogen and oxygen atoms in total. The molecule has 3 atom stereocenters. The van der Waals surface area contributed by atoms with Gasteiger partial charge in [0, 0.05) is 42.3 Å². The van der Waals surface area contributed by atoms with Crippen molar-refractivity contribution in [3.8, 4) is 23.5 Å². The van der Waals surface area contributed by atoms with Crippen LogP contribution in [0.5, 0.6) is 0 Å². The predicted octanol–water partition coefficient (Wildman–Crippen LogP) is 8.16. The van der Waals surface area contributed by atoms with E-state index in [-0.39, 0.29) is 62.4 Å². The zero-order chi connectivity index (χ0) is 39.9. The minimum atomic E-state index is -4.94. The smallest absolute Gasteiger partial charge is 0.416 e. The number of alkyl halides is 5. The highest BCUT2D eigenvalue weighted by molar-refractivity contribution is 5.82. The van der Waals surface area contributed by atoms with Gasteiger partial charge in [-0.3, -0.25) is 14.4 Å². The molecule has 1 aromatic heterocycles. The molecule has 0 unspecified atom stereocenters. The summed E-state index contributed by atoms with van der Waals surface area (Å²) in [5.41, 5.74) is -2.34. The van der Waals surface area contributed by atoms with Gasteiger partial charge >= 0.3 is 12.1 Å². The van der Waals surface area contributed by atoms with Crippen molar-refractivity contribution in [2.45, 2.75) is 89.9 Å². The maximum Gasteiger partial charge on any atom is 0.416 e. The van der Waals surface area contributed by atoms with Crippen LogP contribution in [-0.2, 0) is 15.8 Å². The molecule has 1 saturated carbocycles. The van der Waals surface area contributed by atoms with Crippen LogP contribution < -0.4 is 10.9 Å². The lowest BCUT2D eigenvalue weighted by Crippen LogP contribution is -2.41. The largest absolute Gasteiger partial charge is 0.481 e. The summed E-state index contributed by atoms with van der Waals surface area (Å²) in [5, 5.41) is 12.2. The van der Waals surface area contributed by atoms with Crippen LogP contribution in [0, 0.1) is 49.7 Å². The maximum atomic E-state index is 16.5. The Morgan fingerprint density at radius 3 is 2.20 bits per heavy atom. The summed E-state index contributed by atoms with van der Waals surface area (Å²) < 4.78 is 104. The first-order valence-corrected chi connectivity index (χ1v) is 17.7. The molecule has 2 aliphatic rings. The standard InChI is InChI=1S/C40H42F7N3O4/c1-6-24-15-27(34-22(4)8-7-9-23(34)5)37(42)35(36(24)41)30(17-33(52)53)48-38(54)31(14-21(2)3)50-20-28(29(16-32(50)51)40(45,46)47)25-10-12-49(13-11-25)19-26-18-39(26,43)44/h1,7-9,15-16,20-21,25-26,30-31H,10-14,17-19H2,2-5H3,(H,48,54)(H,52,53)/t26-,30-,31-/m1/s1. The fourth-order valence-electron chi connectivity index (χ4n) is 7.54. The Hall–Kier alpha value is -4.64. The van der Waals surface area contributed by atoms with Crippen LogP contribution >= 0.6 is 0 Å². The average molecular weight is 762 g/mol. The van der Waals surface area contributed by atoms with Crippen molar-refractivity contribution < 1.29 is 45.4 Å². The van der Waals surface area contributed by atoms with Gasteiger partial charge in [-0.05, 0) is 86.4 Å².